The van der Waals surface area contributed by atoms with E-state index in [4.69, 9.17) is 4.74 Å². The van der Waals surface area contributed by atoms with E-state index >= 15 is 0 Å². The van der Waals surface area contributed by atoms with Gasteiger partial charge in [-0.2, -0.15) is 0 Å². The van der Waals surface area contributed by atoms with Gasteiger partial charge in [-0.25, -0.2) is 4.79 Å². The zero-order valence-corrected chi connectivity index (χ0v) is 23.1. The first-order valence-electron chi connectivity index (χ1n) is 15.2. The van der Waals surface area contributed by atoms with E-state index < -0.39 is 0 Å². The summed E-state index contributed by atoms with van der Waals surface area (Å²) in [6.45, 7) is 9.08. The summed E-state index contributed by atoms with van der Waals surface area (Å²) in [5, 5.41) is 0. The maximum absolute atomic E-state index is 12.6. The molecule has 198 valence electrons. The van der Waals surface area contributed by atoms with Crippen molar-refractivity contribution in [3.8, 4) is 0 Å². The standard InChI is InChI=1S/C30H61NO2/c1-4-7-10-12-14-16-18-20-22-24-27-31(30(32)33-29-26-9-6-3)28-25-23-21-19-17-15-13-11-8-5-2/h4-29H2,1-3H3. The molecule has 0 aliphatic rings. The van der Waals surface area contributed by atoms with E-state index in [2.05, 4.69) is 20.8 Å². The van der Waals surface area contributed by atoms with Crippen molar-refractivity contribution >= 4 is 6.09 Å². The van der Waals surface area contributed by atoms with Crippen molar-refractivity contribution in [1.29, 1.82) is 0 Å². The van der Waals surface area contributed by atoms with Crippen molar-refractivity contribution in [1.82, 2.24) is 4.90 Å². The first-order chi connectivity index (χ1) is 16.3. The Balaban J connectivity index is 3.93. The highest BCUT2D eigenvalue weighted by Gasteiger charge is 2.14. The van der Waals surface area contributed by atoms with Gasteiger partial charge in [-0.15, -0.1) is 0 Å². The SMILES string of the molecule is CCCCCCCCCCCCN(CCCCCCCCCCCC)C(=O)OCCCCC. The molecule has 3 nitrogen and oxygen atoms in total. The Bertz CT molecular complexity index is 361. The van der Waals surface area contributed by atoms with Gasteiger partial charge >= 0.3 is 6.09 Å². The maximum Gasteiger partial charge on any atom is 0.409 e. The summed E-state index contributed by atoms with van der Waals surface area (Å²) in [6.07, 6.45) is 29.9. The van der Waals surface area contributed by atoms with Crippen LogP contribution in [0.1, 0.15) is 168 Å². The number of unbranched alkanes of at least 4 members (excludes halogenated alkanes) is 20. The molecule has 3 heteroatoms. The van der Waals surface area contributed by atoms with Gasteiger partial charge in [-0.1, -0.05) is 149 Å². The molecule has 0 rings (SSSR count). The van der Waals surface area contributed by atoms with Crippen molar-refractivity contribution in [3.05, 3.63) is 0 Å². The molecule has 0 aliphatic carbocycles. The summed E-state index contributed by atoms with van der Waals surface area (Å²) >= 11 is 0. The van der Waals surface area contributed by atoms with E-state index in [0.717, 1.165) is 38.8 Å². The summed E-state index contributed by atoms with van der Waals surface area (Å²) in [6, 6.07) is 0. The van der Waals surface area contributed by atoms with E-state index in [1.807, 2.05) is 4.90 Å². The fourth-order valence-electron chi connectivity index (χ4n) is 4.48. The van der Waals surface area contributed by atoms with Crippen LogP contribution in [-0.4, -0.2) is 30.7 Å². The molecule has 1 amide bonds. The molecule has 0 aromatic heterocycles. The summed E-state index contributed by atoms with van der Waals surface area (Å²) in [5.41, 5.74) is 0. The second kappa shape index (κ2) is 27.5. The minimum absolute atomic E-state index is 0.0713. The Morgan fingerprint density at radius 2 is 0.758 bits per heavy atom. The first kappa shape index (κ1) is 32.3. The van der Waals surface area contributed by atoms with E-state index in [1.54, 1.807) is 0 Å². The van der Waals surface area contributed by atoms with Crippen molar-refractivity contribution in [2.75, 3.05) is 19.7 Å². The van der Waals surface area contributed by atoms with Crippen molar-refractivity contribution < 1.29 is 9.53 Å². The Kier molecular flexibility index (Phi) is 26.9. The minimum atomic E-state index is -0.0713. The predicted molar refractivity (Wildman–Crippen MR) is 146 cm³/mol. The molecular formula is C30H61NO2. The van der Waals surface area contributed by atoms with Crippen molar-refractivity contribution in [2.45, 2.75) is 168 Å². The number of amides is 1. The van der Waals surface area contributed by atoms with Crippen LogP contribution in [0.4, 0.5) is 4.79 Å². The molecule has 0 aromatic rings. The fourth-order valence-corrected chi connectivity index (χ4v) is 4.48. The highest BCUT2D eigenvalue weighted by Crippen LogP contribution is 2.13. The molecule has 0 spiro atoms. The second-order valence-electron chi connectivity index (χ2n) is 10.2. The number of hydrogen-bond acceptors (Lipinski definition) is 2. The highest BCUT2D eigenvalue weighted by atomic mass is 16.6. The maximum atomic E-state index is 12.6. The number of carbonyl (C=O) groups excluding carboxylic acids is 1. The average Bonchev–Trinajstić information content (AvgIpc) is 2.82. The van der Waals surface area contributed by atoms with E-state index in [-0.39, 0.29) is 6.09 Å². The molecule has 0 N–H and O–H groups in total. The molecule has 0 saturated carbocycles. The zero-order valence-electron chi connectivity index (χ0n) is 23.1. The van der Waals surface area contributed by atoms with Crippen LogP contribution in [0.2, 0.25) is 0 Å². The molecule has 0 heterocycles. The smallest absolute Gasteiger partial charge is 0.409 e. The van der Waals surface area contributed by atoms with Gasteiger partial charge in [-0.3, -0.25) is 0 Å². The molecule has 0 bridgehead atoms. The molecule has 0 saturated heterocycles. The van der Waals surface area contributed by atoms with Crippen molar-refractivity contribution in [2.24, 2.45) is 0 Å². The first-order valence-corrected chi connectivity index (χ1v) is 15.2. The third-order valence-corrected chi connectivity index (χ3v) is 6.79. The van der Waals surface area contributed by atoms with Gasteiger partial charge in [-0.05, 0) is 19.3 Å². The van der Waals surface area contributed by atoms with Gasteiger partial charge in [0.25, 0.3) is 0 Å². The molecule has 0 unspecified atom stereocenters. The van der Waals surface area contributed by atoms with Crippen LogP contribution < -0.4 is 0 Å². The zero-order chi connectivity index (χ0) is 24.2. The summed E-state index contributed by atoms with van der Waals surface area (Å²) < 4.78 is 5.58. The Morgan fingerprint density at radius 3 is 1.12 bits per heavy atom. The monoisotopic (exact) mass is 467 g/mol. The molecular weight excluding hydrogens is 406 g/mol. The minimum Gasteiger partial charge on any atom is -0.449 e. The summed E-state index contributed by atoms with van der Waals surface area (Å²) in [5.74, 6) is 0. The van der Waals surface area contributed by atoms with Gasteiger partial charge in [0.1, 0.15) is 0 Å². The normalized spacial score (nSPS) is 11.1. The van der Waals surface area contributed by atoms with Crippen LogP contribution in [0.15, 0.2) is 0 Å². The van der Waals surface area contributed by atoms with Crippen LogP contribution in [0.3, 0.4) is 0 Å². The van der Waals surface area contributed by atoms with Crippen LogP contribution in [0, 0.1) is 0 Å². The summed E-state index contributed by atoms with van der Waals surface area (Å²) in [4.78, 5) is 14.6. The topological polar surface area (TPSA) is 29.5 Å². The van der Waals surface area contributed by atoms with Gasteiger partial charge in [0.2, 0.25) is 0 Å². The molecule has 0 fully saturated rings. The van der Waals surface area contributed by atoms with E-state index in [0.29, 0.717) is 6.61 Å². The van der Waals surface area contributed by atoms with Crippen LogP contribution >= 0.6 is 0 Å². The molecule has 0 aliphatic heterocycles. The lowest BCUT2D eigenvalue weighted by atomic mass is 10.1. The molecule has 33 heavy (non-hydrogen) atoms. The van der Waals surface area contributed by atoms with Gasteiger partial charge in [0, 0.05) is 13.1 Å². The lowest BCUT2D eigenvalue weighted by Crippen LogP contribution is -2.33. The van der Waals surface area contributed by atoms with Gasteiger partial charge in [0.15, 0.2) is 0 Å². The third kappa shape index (κ3) is 24.2. The Labute approximate surface area is 208 Å². The number of carbonyl (C=O) groups is 1. The van der Waals surface area contributed by atoms with Crippen LogP contribution in [0.5, 0.6) is 0 Å². The molecule has 0 atom stereocenters. The van der Waals surface area contributed by atoms with E-state index in [9.17, 15) is 4.79 Å². The largest absolute Gasteiger partial charge is 0.449 e. The Morgan fingerprint density at radius 1 is 0.455 bits per heavy atom. The third-order valence-electron chi connectivity index (χ3n) is 6.79. The predicted octanol–water partition coefficient (Wildman–Crippen LogP) is 10.5. The number of rotatable bonds is 26. The van der Waals surface area contributed by atoms with Crippen molar-refractivity contribution in [3.63, 3.8) is 0 Å². The van der Waals surface area contributed by atoms with E-state index in [1.165, 1.54) is 122 Å². The summed E-state index contributed by atoms with van der Waals surface area (Å²) in [7, 11) is 0. The quantitative estimate of drug-likeness (QED) is 0.118. The van der Waals surface area contributed by atoms with Crippen LogP contribution in [-0.2, 0) is 4.74 Å². The average molecular weight is 468 g/mol. The van der Waals surface area contributed by atoms with Crippen LogP contribution in [0.25, 0.3) is 0 Å². The number of hydrogen-bond donors (Lipinski definition) is 0. The fraction of sp³-hybridized carbons (Fsp3) is 0.967. The van der Waals surface area contributed by atoms with Gasteiger partial charge < -0.3 is 9.64 Å². The number of nitrogens with zero attached hydrogens (tertiary/aromatic N) is 1. The highest BCUT2D eigenvalue weighted by molar-refractivity contribution is 5.67. The Hall–Kier alpha value is -0.730. The molecule has 0 radical (unpaired) electrons. The lowest BCUT2D eigenvalue weighted by Gasteiger charge is -2.22. The number of ether oxygens (including phenoxy) is 1. The lowest BCUT2D eigenvalue weighted by molar-refractivity contribution is 0.0991. The van der Waals surface area contributed by atoms with Gasteiger partial charge in [0.05, 0.1) is 6.61 Å². The second-order valence-corrected chi connectivity index (χ2v) is 10.2. The molecule has 0 aromatic carbocycles.